The number of benzene rings is 3. The van der Waals surface area contributed by atoms with Crippen molar-refractivity contribution in [3.8, 4) is 0 Å². The van der Waals surface area contributed by atoms with Crippen molar-refractivity contribution in [1.82, 2.24) is 0 Å². The first-order valence-electron chi connectivity index (χ1n) is 6.18. The molecule has 3 heteroatoms. The molecule has 0 bridgehead atoms. The van der Waals surface area contributed by atoms with E-state index in [2.05, 4.69) is 30.3 Å². The number of rotatable bonds is 3. The number of hydrogen-bond donors (Lipinski definition) is 0. The van der Waals surface area contributed by atoms with Gasteiger partial charge in [0, 0.05) is 20.4 Å². The van der Waals surface area contributed by atoms with Crippen LogP contribution in [0.1, 0.15) is 10.4 Å². The summed E-state index contributed by atoms with van der Waals surface area (Å²) in [6.07, 6.45) is 0.861. The number of aldehydes is 1. The molecule has 3 aromatic carbocycles. The van der Waals surface area contributed by atoms with Crippen LogP contribution in [0.2, 0.25) is 5.02 Å². The Labute approximate surface area is 126 Å². The van der Waals surface area contributed by atoms with E-state index in [0.29, 0.717) is 10.6 Å². The van der Waals surface area contributed by atoms with Gasteiger partial charge in [-0.25, -0.2) is 0 Å². The topological polar surface area (TPSA) is 17.1 Å². The maximum absolute atomic E-state index is 11.1. The molecule has 0 N–H and O–H groups in total. The summed E-state index contributed by atoms with van der Waals surface area (Å²) in [6, 6.07) is 19.8. The van der Waals surface area contributed by atoms with E-state index in [0.717, 1.165) is 16.1 Å². The molecule has 0 atom stereocenters. The monoisotopic (exact) mass is 298 g/mol. The van der Waals surface area contributed by atoms with E-state index >= 15 is 0 Å². The highest BCUT2D eigenvalue weighted by atomic mass is 35.5. The average molecular weight is 299 g/mol. The van der Waals surface area contributed by atoms with Gasteiger partial charge in [-0.1, -0.05) is 53.7 Å². The van der Waals surface area contributed by atoms with Gasteiger partial charge in [-0.15, -0.1) is 0 Å². The van der Waals surface area contributed by atoms with Crippen LogP contribution < -0.4 is 0 Å². The van der Waals surface area contributed by atoms with Crippen molar-refractivity contribution < 1.29 is 4.79 Å². The van der Waals surface area contributed by atoms with E-state index in [1.165, 1.54) is 10.8 Å². The smallest absolute Gasteiger partial charge is 0.151 e. The second kappa shape index (κ2) is 5.70. The summed E-state index contributed by atoms with van der Waals surface area (Å²) >= 11 is 7.56. The Morgan fingerprint density at radius 3 is 2.50 bits per heavy atom. The molecule has 0 aliphatic carbocycles. The van der Waals surface area contributed by atoms with Gasteiger partial charge in [0.05, 0.1) is 0 Å². The summed E-state index contributed by atoms with van der Waals surface area (Å²) in [5.41, 5.74) is 0.660. The van der Waals surface area contributed by atoms with E-state index in [1.54, 1.807) is 23.9 Å². The van der Waals surface area contributed by atoms with Crippen LogP contribution in [0.4, 0.5) is 0 Å². The molecule has 0 radical (unpaired) electrons. The van der Waals surface area contributed by atoms with Crippen molar-refractivity contribution in [3.63, 3.8) is 0 Å². The molecule has 0 saturated carbocycles. The SMILES string of the molecule is O=Cc1ccc(Cl)cc1Sc1ccc2ccccc2c1. The largest absolute Gasteiger partial charge is 0.298 e. The molecule has 0 aliphatic heterocycles. The number of halogens is 1. The molecule has 3 aromatic rings. The fourth-order valence-corrected chi connectivity index (χ4v) is 3.28. The molecule has 0 aliphatic rings. The molecule has 3 rings (SSSR count). The van der Waals surface area contributed by atoms with E-state index in [4.69, 9.17) is 11.6 Å². The van der Waals surface area contributed by atoms with Gasteiger partial charge in [-0.2, -0.15) is 0 Å². The number of fused-ring (bicyclic) bond motifs is 1. The zero-order valence-corrected chi connectivity index (χ0v) is 12.1. The lowest BCUT2D eigenvalue weighted by Gasteiger charge is -2.06. The fourth-order valence-electron chi connectivity index (χ4n) is 2.05. The van der Waals surface area contributed by atoms with Gasteiger partial charge < -0.3 is 0 Å². The van der Waals surface area contributed by atoms with Gasteiger partial charge in [0.25, 0.3) is 0 Å². The summed E-state index contributed by atoms with van der Waals surface area (Å²) in [5, 5.41) is 3.03. The second-order valence-corrected chi connectivity index (χ2v) is 5.96. The Morgan fingerprint density at radius 2 is 1.70 bits per heavy atom. The predicted octanol–water partition coefficient (Wildman–Crippen LogP) is 5.46. The molecule has 98 valence electrons. The van der Waals surface area contributed by atoms with Gasteiger partial charge in [-0.05, 0) is 41.1 Å². The van der Waals surface area contributed by atoms with E-state index < -0.39 is 0 Å². The lowest BCUT2D eigenvalue weighted by molar-refractivity contribution is 0.112. The van der Waals surface area contributed by atoms with Crippen LogP contribution in [0.25, 0.3) is 10.8 Å². The van der Waals surface area contributed by atoms with Crippen LogP contribution in [0.5, 0.6) is 0 Å². The van der Waals surface area contributed by atoms with Crippen molar-refractivity contribution in [2.75, 3.05) is 0 Å². The molecule has 1 nitrogen and oxygen atoms in total. The van der Waals surface area contributed by atoms with Crippen LogP contribution >= 0.6 is 23.4 Å². The highest BCUT2D eigenvalue weighted by Crippen LogP contribution is 2.33. The predicted molar refractivity (Wildman–Crippen MR) is 84.9 cm³/mol. The third kappa shape index (κ3) is 2.72. The average Bonchev–Trinajstić information content (AvgIpc) is 2.47. The number of carbonyl (C=O) groups is 1. The fraction of sp³-hybridized carbons (Fsp3) is 0. The van der Waals surface area contributed by atoms with Crippen LogP contribution in [-0.2, 0) is 0 Å². The molecule has 0 spiro atoms. The molecule has 0 heterocycles. The van der Waals surface area contributed by atoms with E-state index in [1.807, 2.05) is 18.2 Å². The minimum absolute atomic E-state index is 0.638. The van der Waals surface area contributed by atoms with Gasteiger partial charge in [0.1, 0.15) is 0 Å². The van der Waals surface area contributed by atoms with Crippen molar-refractivity contribution in [2.45, 2.75) is 9.79 Å². The summed E-state index contributed by atoms with van der Waals surface area (Å²) < 4.78 is 0. The summed E-state index contributed by atoms with van der Waals surface area (Å²) in [6.45, 7) is 0. The molecule has 0 saturated heterocycles. The zero-order chi connectivity index (χ0) is 13.9. The number of carbonyl (C=O) groups excluding carboxylic acids is 1. The molecular formula is C17H11ClOS. The highest BCUT2D eigenvalue weighted by Gasteiger charge is 2.05. The standard InChI is InChI=1S/C17H11ClOS/c18-15-7-5-14(11-19)17(10-15)20-16-8-6-12-3-1-2-4-13(12)9-16/h1-11H. The lowest BCUT2D eigenvalue weighted by Crippen LogP contribution is -1.85. The van der Waals surface area contributed by atoms with Gasteiger partial charge in [-0.3, -0.25) is 4.79 Å². The zero-order valence-electron chi connectivity index (χ0n) is 10.5. The van der Waals surface area contributed by atoms with Gasteiger partial charge in [0.2, 0.25) is 0 Å². The molecule has 0 amide bonds. The van der Waals surface area contributed by atoms with Crippen molar-refractivity contribution >= 4 is 40.4 Å². The van der Waals surface area contributed by atoms with Crippen molar-refractivity contribution in [2.24, 2.45) is 0 Å². The Hall–Kier alpha value is -1.77. The molecule has 20 heavy (non-hydrogen) atoms. The van der Waals surface area contributed by atoms with Crippen LogP contribution in [0.3, 0.4) is 0 Å². The van der Waals surface area contributed by atoms with Crippen molar-refractivity contribution in [3.05, 3.63) is 71.2 Å². The minimum atomic E-state index is 0.638. The Bertz CT molecular complexity index is 783. The quantitative estimate of drug-likeness (QED) is 0.597. The first-order valence-corrected chi connectivity index (χ1v) is 7.37. The first-order chi connectivity index (χ1) is 9.76. The van der Waals surface area contributed by atoms with Crippen LogP contribution in [0.15, 0.2) is 70.5 Å². The minimum Gasteiger partial charge on any atom is -0.298 e. The second-order valence-electron chi connectivity index (χ2n) is 4.41. The van der Waals surface area contributed by atoms with Crippen molar-refractivity contribution in [1.29, 1.82) is 0 Å². The summed E-state index contributed by atoms with van der Waals surface area (Å²) in [5.74, 6) is 0. The Balaban J connectivity index is 2.00. The maximum atomic E-state index is 11.1. The number of hydrogen-bond acceptors (Lipinski definition) is 2. The first kappa shape index (κ1) is 13.2. The molecule has 0 unspecified atom stereocenters. The van der Waals surface area contributed by atoms with Gasteiger partial charge >= 0.3 is 0 Å². The third-order valence-electron chi connectivity index (χ3n) is 3.05. The highest BCUT2D eigenvalue weighted by molar-refractivity contribution is 7.99. The molecule has 0 aromatic heterocycles. The van der Waals surface area contributed by atoms with Crippen LogP contribution in [0, 0.1) is 0 Å². The van der Waals surface area contributed by atoms with Gasteiger partial charge in [0.15, 0.2) is 6.29 Å². The maximum Gasteiger partial charge on any atom is 0.151 e. The van der Waals surface area contributed by atoms with Crippen LogP contribution in [-0.4, -0.2) is 6.29 Å². The Morgan fingerprint density at radius 1 is 0.900 bits per heavy atom. The summed E-state index contributed by atoms with van der Waals surface area (Å²) in [7, 11) is 0. The Kier molecular flexibility index (Phi) is 3.77. The van der Waals surface area contributed by atoms with E-state index in [9.17, 15) is 4.79 Å². The molecular weight excluding hydrogens is 288 g/mol. The lowest BCUT2D eigenvalue weighted by atomic mass is 10.1. The molecule has 0 fully saturated rings. The van der Waals surface area contributed by atoms with E-state index in [-0.39, 0.29) is 0 Å². The normalized spacial score (nSPS) is 10.7. The summed E-state index contributed by atoms with van der Waals surface area (Å²) in [4.78, 5) is 13.1. The third-order valence-corrected chi connectivity index (χ3v) is 4.35.